The quantitative estimate of drug-likeness (QED) is 0.556. The van der Waals surface area contributed by atoms with Gasteiger partial charge >= 0.3 is 0 Å². The molecule has 1 atom stereocenters. The molecule has 0 aromatic carbocycles. The van der Waals surface area contributed by atoms with Crippen molar-refractivity contribution in [2.24, 2.45) is 0 Å². The van der Waals surface area contributed by atoms with Gasteiger partial charge in [-0.1, -0.05) is 0 Å². The topological polar surface area (TPSA) is 21.3 Å². The van der Waals surface area contributed by atoms with Crippen molar-refractivity contribution >= 4 is 0 Å². The third-order valence-corrected chi connectivity index (χ3v) is 1.40. The van der Waals surface area contributed by atoms with E-state index in [0.29, 0.717) is 13.2 Å². The second kappa shape index (κ2) is 3.80. The summed E-state index contributed by atoms with van der Waals surface area (Å²) in [4.78, 5) is 0. The molecule has 0 radical (unpaired) electrons. The Labute approximate surface area is 54.4 Å². The molecule has 2 nitrogen and oxygen atoms in total. The van der Waals surface area contributed by atoms with Crippen LogP contribution in [-0.2, 0) is 4.74 Å². The monoisotopic (exact) mass is 133 g/mol. The molecule has 1 N–H and O–H groups in total. The Morgan fingerprint density at radius 3 is 3.33 bits per heavy atom. The molecule has 0 aromatic rings. The maximum atomic E-state index is 11.9. The zero-order valence-corrected chi connectivity index (χ0v) is 5.40. The Bertz CT molecular complexity index is 71.5. The molecule has 0 aliphatic carbocycles. The van der Waals surface area contributed by atoms with Gasteiger partial charge < -0.3 is 10.1 Å². The van der Waals surface area contributed by atoms with Crippen LogP contribution in [0.1, 0.15) is 6.42 Å². The van der Waals surface area contributed by atoms with Gasteiger partial charge in [0.15, 0.2) is 0 Å². The fourth-order valence-electron chi connectivity index (χ4n) is 0.868. The lowest BCUT2D eigenvalue weighted by Gasteiger charge is -2.08. The minimum atomic E-state index is -0.368. The zero-order valence-electron chi connectivity index (χ0n) is 5.40. The Morgan fingerprint density at radius 2 is 2.56 bits per heavy atom. The minimum Gasteiger partial charge on any atom is -0.374 e. The average Bonchev–Trinajstić information content (AvgIpc) is 2.13. The van der Waals surface area contributed by atoms with Crippen LogP contribution >= 0.6 is 0 Å². The average molecular weight is 133 g/mol. The summed E-state index contributed by atoms with van der Waals surface area (Å²) < 4.78 is 17.0. The molecule has 1 aliphatic heterocycles. The van der Waals surface area contributed by atoms with Crippen LogP contribution in [0.4, 0.5) is 4.39 Å². The van der Waals surface area contributed by atoms with E-state index in [2.05, 4.69) is 5.32 Å². The normalized spacial score (nSPS) is 29.7. The molecule has 0 bridgehead atoms. The first-order valence-corrected chi connectivity index (χ1v) is 3.32. The molecular weight excluding hydrogens is 121 g/mol. The highest BCUT2D eigenvalue weighted by Gasteiger charge is 2.10. The maximum Gasteiger partial charge on any atom is 0.117 e. The molecule has 0 amide bonds. The summed E-state index contributed by atoms with van der Waals surface area (Å²) in [6.07, 6.45) is 0.795. The summed E-state index contributed by atoms with van der Waals surface area (Å²) in [5.74, 6) is 0. The highest BCUT2D eigenvalue weighted by molar-refractivity contribution is 4.63. The van der Waals surface area contributed by atoms with E-state index in [1.165, 1.54) is 0 Å². The van der Waals surface area contributed by atoms with E-state index < -0.39 is 0 Å². The molecule has 1 saturated heterocycles. The molecule has 1 aliphatic rings. The summed E-state index contributed by atoms with van der Waals surface area (Å²) in [5.41, 5.74) is 0. The van der Waals surface area contributed by atoms with Crippen molar-refractivity contribution in [3.63, 3.8) is 0 Å². The van der Waals surface area contributed by atoms with Crippen molar-refractivity contribution in [3.05, 3.63) is 0 Å². The largest absolute Gasteiger partial charge is 0.374 e. The highest BCUT2D eigenvalue weighted by Crippen LogP contribution is 1.96. The van der Waals surface area contributed by atoms with Gasteiger partial charge in [-0.3, -0.25) is 0 Å². The number of halogens is 1. The smallest absolute Gasteiger partial charge is 0.117 e. The molecule has 1 unspecified atom stereocenters. The molecule has 0 saturated carbocycles. The van der Waals surface area contributed by atoms with E-state index in [4.69, 9.17) is 4.74 Å². The predicted octanol–water partition coefficient (Wildman–Crippen LogP) is 0.334. The predicted molar refractivity (Wildman–Crippen MR) is 33.2 cm³/mol. The van der Waals surface area contributed by atoms with E-state index in [-0.39, 0.29) is 12.8 Å². The van der Waals surface area contributed by atoms with Gasteiger partial charge in [-0.25, -0.2) is 4.39 Å². The molecule has 3 heteroatoms. The number of hydrogen-bond donors (Lipinski definition) is 1. The van der Waals surface area contributed by atoms with Gasteiger partial charge in [0.1, 0.15) is 6.67 Å². The van der Waals surface area contributed by atoms with E-state index in [9.17, 15) is 4.39 Å². The Hall–Kier alpha value is -0.150. The van der Waals surface area contributed by atoms with E-state index in [0.717, 1.165) is 13.0 Å². The van der Waals surface area contributed by atoms with Gasteiger partial charge in [0, 0.05) is 13.2 Å². The van der Waals surface area contributed by atoms with Crippen molar-refractivity contribution in [2.45, 2.75) is 12.5 Å². The first-order valence-electron chi connectivity index (χ1n) is 3.32. The second-order valence-electron chi connectivity index (χ2n) is 2.20. The standard InChI is InChI=1S/C6H12FNO/c7-4-6-5-8-2-1-3-9-6/h6,8H,1-5H2. The second-order valence-corrected chi connectivity index (χ2v) is 2.20. The molecular formula is C6H12FNO. The van der Waals surface area contributed by atoms with E-state index in [1.807, 2.05) is 0 Å². The fraction of sp³-hybridized carbons (Fsp3) is 1.00. The van der Waals surface area contributed by atoms with Gasteiger partial charge in [-0.2, -0.15) is 0 Å². The Kier molecular flexibility index (Phi) is 2.94. The highest BCUT2D eigenvalue weighted by atomic mass is 19.1. The van der Waals surface area contributed by atoms with Crippen LogP contribution in [0.2, 0.25) is 0 Å². The van der Waals surface area contributed by atoms with Crippen LogP contribution < -0.4 is 5.32 Å². The number of hydrogen-bond acceptors (Lipinski definition) is 2. The molecule has 0 spiro atoms. The zero-order chi connectivity index (χ0) is 6.53. The maximum absolute atomic E-state index is 11.9. The first-order chi connectivity index (χ1) is 4.43. The molecule has 9 heavy (non-hydrogen) atoms. The van der Waals surface area contributed by atoms with Gasteiger partial charge in [0.05, 0.1) is 6.10 Å². The van der Waals surface area contributed by atoms with Gasteiger partial charge in [0.2, 0.25) is 0 Å². The summed E-state index contributed by atoms with van der Waals surface area (Å²) in [6, 6.07) is 0. The lowest BCUT2D eigenvalue weighted by Crippen LogP contribution is -2.27. The lowest BCUT2D eigenvalue weighted by molar-refractivity contribution is 0.0491. The first kappa shape index (κ1) is 6.96. The number of alkyl halides is 1. The summed E-state index contributed by atoms with van der Waals surface area (Å²) in [6.45, 7) is 1.95. The van der Waals surface area contributed by atoms with Crippen molar-refractivity contribution in [3.8, 4) is 0 Å². The van der Waals surface area contributed by atoms with E-state index >= 15 is 0 Å². The third-order valence-electron chi connectivity index (χ3n) is 1.40. The van der Waals surface area contributed by atoms with E-state index in [1.54, 1.807) is 0 Å². The van der Waals surface area contributed by atoms with Gasteiger partial charge in [-0.15, -0.1) is 0 Å². The lowest BCUT2D eigenvalue weighted by atomic mass is 10.4. The molecule has 1 fully saturated rings. The van der Waals surface area contributed by atoms with Crippen LogP contribution in [0.15, 0.2) is 0 Å². The summed E-state index contributed by atoms with van der Waals surface area (Å²) >= 11 is 0. The van der Waals surface area contributed by atoms with Crippen LogP contribution in [0, 0.1) is 0 Å². The number of nitrogens with one attached hydrogen (secondary N) is 1. The van der Waals surface area contributed by atoms with Crippen molar-refractivity contribution in [1.29, 1.82) is 0 Å². The summed E-state index contributed by atoms with van der Waals surface area (Å²) in [7, 11) is 0. The van der Waals surface area contributed by atoms with Crippen molar-refractivity contribution in [2.75, 3.05) is 26.4 Å². The fourth-order valence-corrected chi connectivity index (χ4v) is 0.868. The summed E-state index contributed by atoms with van der Waals surface area (Å²) in [5, 5.41) is 3.08. The van der Waals surface area contributed by atoms with Gasteiger partial charge in [-0.05, 0) is 13.0 Å². The Balaban J connectivity index is 2.18. The van der Waals surface area contributed by atoms with Crippen LogP contribution in [-0.4, -0.2) is 32.5 Å². The SMILES string of the molecule is FCC1CNCCCO1. The van der Waals surface area contributed by atoms with Crippen LogP contribution in [0.3, 0.4) is 0 Å². The van der Waals surface area contributed by atoms with Crippen LogP contribution in [0.5, 0.6) is 0 Å². The molecule has 1 rings (SSSR count). The molecule has 1 heterocycles. The van der Waals surface area contributed by atoms with Crippen molar-refractivity contribution in [1.82, 2.24) is 5.32 Å². The van der Waals surface area contributed by atoms with Gasteiger partial charge in [0.25, 0.3) is 0 Å². The van der Waals surface area contributed by atoms with Crippen LogP contribution in [0.25, 0.3) is 0 Å². The molecule has 0 aromatic heterocycles. The third kappa shape index (κ3) is 2.28. The number of rotatable bonds is 1. The Morgan fingerprint density at radius 1 is 1.67 bits per heavy atom. The molecule has 54 valence electrons. The minimum absolute atomic E-state index is 0.201. The van der Waals surface area contributed by atoms with Crippen molar-refractivity contribution < 1.29 is 9.13 Å². The number of ether oxygens (including phenoxy) is 1.